The van der Waals surface area contributed by atoms with Crippen molar-refractivity contribution in [3.8, 4) is 0 Å². The first-order chi connectivity index (χ1) is 8.72. The number of nitrogens with zero attached hydrogens (tertiary/aromatic N) is 2. The molecule has 2 aromatic rings. The highest BCUT2D eigenvalue weighted by Crippen LogP contribution is 2.49. The summed E-state index contributed by atoms with van der Waals surface area (Å²) >= 11 is 0. The van der Waals surface area contributed by atoms with E-state index in [9.17, 15) is 4.79 Å². The smallest absolute Gasteiger partial charge is 0.150 e. The fraction of sp³-hybridized carbons (Fsp3) is 0.333. The van der Waals surface area contributed by atoms with Crippen LogP contribution in [0.4, 0.5) is 0 Å². The minimum atomic E-state index is -0.229. The Morgan fingerprint density at radius 2 is 2.06 bits per heavy atom. The van der Waals surface area contributed by atoms with Gasteiger partial charge in [0, 0.05) is 19.4 Å². The number of carbonyl (C=O) groups is 1. The fourth-order valence-electron chi connectivity index (χ4n) is 2.49. The first-order valence-electron chi connectivity index (χ1n) is 6.27. The molecule has 0 aliphatic heterocycles. The molecule has 3 heteroatoms. The van der Waals surface area contributed by atoms with E-state index in [1.165, 1.54) is 0 Å². The van der Waals surface area contributed by atoms with E-state index in [0.29, 0.717) is 12.2 Å². The molecule has 0 N–H and O–H groups in total. The Labute approximate surface area is 106 Å². The number of aromatic nitrogens is 2. The van der Waals surface area contributed by atoms with Gasteiger partial charge in [-0.05, 0) is 18.4 Å². The van der Waals surface area contributed by atoms with E-state index in [-0.39, 0.29) is 5.41 Å². The molecular weight excluding hydrogens is 224 g/mol. The summed E-state index contributed by atoms with van der Waals surface area (Å²) in [7, 11) is 1.93. The minimum absolute atomic E-state index is 0.229. The highest BCUT2D eigenvalue weighted by molar-refractivity contribution is 5.94. The molecule has 1 aliphatic rings. The average molecular weight is 240 g/mol. The van der Waals surface area contributed by atoms with Gasteiger partial charge in [-0.2, -0.15) is 0 Å². The van der Waals surface area contributed by atoms with Crippen LogP contribution in [0.1, 0.15) is 24.2 Å². The van der Waals surface area contributed by atoms with Crippen molar-refractivity contribution < 1.29 is 4.79 Å². The minimum Gasteiger partial charge on any atom is -0.338 e. The number of carbonyl (C=O) groups excluding carboxylic acids is 1. The number of aryl methyl sites for hydroxylation is 1. The zero-order valence-corrected chi connectivity index (χ0v) is 10.5. The molecule has 1 aromatic heterocycles. The lowest BCUT2D eigenvalue weighted by atomic mass is 9.89. The van der Waals surface area contributed by atoms with Crippen LogP contribution < -0.4 is 0 Å². The molecule has 0 saturated heterocycles. The van der Waals surface area contributed by atoms with Crippen molar-refractivity contribution >= 4 is 5.78 Å². The Balaban J connectivity index is 1.83. The van der Waals surface area contributed by atoms with Gasteiger partial charge in [-0.3, -0.25) is 4.79 Å². The highest BCUT2D eigenvalue weighted by atomic mass is 16.1. The van der Waals surface area contributed by atoms with Crippen molar-refractivity contribution in [2.45, 2.75) is 24.7 Å². The summed E-state index contributed by atoms with van der Waals surface area (Å²) < 4.78 is 1.92. The molecule has 0 amide bonds. The summed E-state index contributed by atoms with van der Waals surface area (Å²) in [5, 5.41) is 0. The van der Waals surface area contributed by atoms with E-state index in [1.807, 2.05) is 36.0 Å². The lowest BCUT2D eigenvalue weighted by Gasteiger charge is -2.14. The topological polar surface area (TPSA) is 34.9 Å². The van der Waals surface area contributed by atoms with E-state index >= 15 is 0 Å². The predicted octanol–water partition coefficient (Wildman–Crippen LogP) is 2.26. The lowest BCUT2D eigenvalue weighted by molar-refractivity contribution is -0.121. The summed E-state index contributed by atoms with van der Waals surface area (Å²) in [5.41, 5.74) is 0.928. The average Bonchev–Trinajstić information content (AvgIpc) is 3.12. The van der Waals surface area contributed by atoms with Crippen LogP contribution >= 0.6 is 0 Å². The quantitative estimate of drug-likeness (QED) is 0.821. The van der Waals surface area contributed by atoms with Crippen LogP contribution in [0.5, 0.6) is 0 Å². The summed E-state index contributed by atoms with van der Waals surface area (Å²) in [6, 6.07) is 10.1. The van der Waals surface area contributed by atoms with Crippen molar-refractivity contribution in [1.29, 1.82) is 0 Å². The van der Waals surface area contributed by atoms with E-state index in [4.69, 9.17) is 0 Å². The largest absolute Gasteiger partial charge is 0.338 e. The molecule has 0 atom stereocenters. The molecule has 18 heavy (non-hydrogen) atoms. The Morgan fingerprint density at radius 3 is 2.61 bits per heavy atom. The number of ketones is 1. The second-order valence-corrected chi connectivity index (χ2v) is 5.00. The number of hydrogen-bond donors (Lipinski definition) is 0. The summed E-state index contributed by atoms with van der Waals surface area (Å²) in [6.45, 7) is 0. The Morgan fingerprint density at radius 1 is 1.33 bits per heavy atom. The summed E-state index contributed by atoms with van der Waals surface area (Å²) in [5.74, 6) is 1.14. The SMILES string of the molecule is Cn1ccnc1CC(=O)C1(c2ccccc2)CC1. The molecule has 92 valence electrons. The molecule has 3 rings (SSSR count). The maximum atomic E-state index is 12.5. The number of rotatable bonds is 4. The second kappa shape index (κ2) is 4.09. The maximum absolute atomic E-state index is 12.5. The van der Waals surface area contributed by atoms with Crippen LogP contribution in [0, 0.1) is 0 Å². The van der Waals surface area contributed by atoms with Crippen molar-refractivity contribution in [1.82, 2.24) is 9.55 Å². The molecule has 0 bridgehead atoms. The number of hydrogen-bond acceptors (Lipinski definition) is 2. The van der Waals surface area contributed by atoms with Crippen LogP contribution in [0.2, 0.25) is 0 Å². The normalized spacial score (nSPS) is 16.5. The Hall–Kier alpha value is -1.90. The van der Waals surface area contributed by atoms with Crippen molar-refractivity contribution in [2.24, 2.45) is 7.05 Å². The first-order valence-corrected chi connectivity index (χ1v) is 6.27. The Bertz CT molecular complexity index is 567. The number of benzene rings is 1. The third-order valence-corrected chi connectivity index (χ3v) is 3.85. The lowest BCUT2D eigenvalue weighted by Crippen LogP contribution is -2.23. The molecule has 0 spiro atoms. The molecule has 1 saturated carbocycles. The van der Waals surface area contributed by atoms with Crippen molar-refractivity contribution in [2.75, 3.05) is 0 Å². The van der Waals surface area contributed by atoms with Crippen LogP contribution in [-0.2, 0) is 23.7 Å². The summed E-state index contributed by atoms with van der Waals surface area (Å²) in [6.07, 6.45) is 5.99. The first kappa shape index (κ1) is 11.2. The van der Waals surface area contributed by atoms with Gasteiger partial charge in [0.2, 0.25) is 0 Å². The zero-order valence-electron chi connectivity index (χ0n) is 10.5. The fourth-order valence-corrected chi connectivity index (χ4v) is 2.49. The standard InChI is InChI=1S/C15H16N2O/c1-17-10-9-16-14(17)11-13(18)15(7-8-15)12-5-3-2-4-6-12/h2-6,9-10H,7-8,11H2,1H3. The monoisotopic (exact) mass is 240 g/mol. The Kier molecular flexibility index (Phi) is 2.54. The van der Waals surface area contributed by atoms with E-state index in [1.54, 1.807) is 6.20 Å². The number of imidazole rings is 1. The van der Waals surface area contributed by atoms with Crippen LogP contribution in [-0.4, -0.2) is 15.3 Å². The molecular formula is C15H16N2O. The van der Waals surface area contributed by atoms with Crippen molar-refractivity contribution in [3.63, 3.8) is 0 Å². The maximum Gasteiger partial charge on any atom is 0.150 e. The van der Waals surface area contributed by atoms with E-state index in [0.717, 1.165) is 24.2 Å². The second-order valence-electron chi connectivity index (χ2n) is 5.00. The van der Waals surface area contributed by atoms with Gasteiger partial charge in [0.15, 0.2) is 5.78 Å². The van der Waals surface area contributed by atoms with Gasteiger partial charge in [-0.25, -0.2) is 4.98 Å². The van der Waals surface area contributed by atoms with Crippen molar-refractivity contribution in [3.05, 3.63) is 54.1 Å². The molecule has 0 unspecified atom stereocenters. The van der Waals surface area contributed by atoms with Gasteiger partial charge < -0.3 is 4.57 Å². The van der Waals surface area contributed by atoms with E-state index in [2.05, 4.69) is 17.1 Å². The van der Waals surface area contributed by atoms with Crippen LogP contribution in [0.3, 0.4) is 0 Å². The van der Waals surface area contributed by atoms with Crippen LogP contribution in [0.25, 0.3) is 0 Å². The molecule has 1 aliphatic carbocycles. The van der Waals surface area contributed by atoms with Gasteiger partial charge in [-0.1, -0.05) is 30.3 Å². The third-order valence-electron chi connectivity index (χ3n) is 3.85. The van der Waals surface area contributed by atoms with Gasteiger partial charge in [0.25, 0.3) is 0 Å². The molecule has 1 fully saturated rings. The summed E-state index contributed by atoms with van der Waals surface area (Å²) in [4.78, 5) is 16.7. The molecule has 1 heterocycles. The third kappa shape index (κ3) is 1.76. The molecule has 3 nitrogen and oxygen atoms in total. The van der Waals surface area contributed by atoms with E-state index < -0.39 is 0 Å². The highest BCUT2D eigenvalue weighted by Gasteiger charge is 2.50. The predicted molar refractivity (Wildman–Crippen MR) is 69.3 cm³/mol. The molecule has 0 radical (unpaired) electrons. The molecule has 1 aromatic carbocycles. The van der Waals surface area contributed by atoms with Gasteiger partial charge in [-0.15, -0.1) is 0 Å². The zero-order chi connectivity index (χ0) is 12.6. The van der Waals surface area contributed by atoms with Gasteiger partial charge in [0.05, 0.1) is 11.8 Å². The van der Waals surface area contributed by atoms with Gasteiger partial charge in [0.1, 0.15) is 5.82 Å². The van der Waals surface area contributed by atoms with Crippen LogP contribution in [0.15, 0.2) is 42.7 Å². The van der Waals surface area contributed by atoms with Gasteiger partial charge >= 0.3 is 0 Å². The number of Topliss-reactive ketones (excluding diaryl/α,β-unsaturated/α-hetero) is 1.